The van der Waals surface area contributed by atoms with E-state index in [0.717, 1.165) is 16.7 Å². The average molecular weight is 473 g/mol. The topological polar surface area (TPSA) is 80.9 Å². The van der Waals surface area contributed by atoms with Crippen LogP contribution in [-0.4, -0.2) is 36.6 Å². The number of carbonyl (C=O) groups is 1. The van der Waals surface area contributed by atoms with Crippen molar-refractivity contribution in [1.29, 1.82) is 0 Å². The number of H-pyrrole nitrogens is 1. The van der Waals surface area contributed by atoms with Crippen LogP contribution in [0.15, 0.2) is 77.6 Å². The molecule has 1 heterocycles. The van der Waals surface area contributed by atoms with E-state index in [9.17, 15) is 9.59 Å². The number of para-hydroxylation sites is 1. The molecule has 0 fully saturated rings. The maximum atomic E-state index is 13.7. The van der Waals surface area contributed by atoms with Gasteiger partial charge in [0.2, 0.25) is 0 Å². The number of nitrogens with one attached hydrogen (secondary N) is 1. The second-order valence-electron chi connectivity index (χ2n) is 8.02. The number of amides is 1. The van der Waals surface area contributed by atoms with Gasteiger partial charge in [-0.05, 0) is 61.0 Å². The number of hydrogen-bond donors (Lipinski definition) is 1. The smallest absolute Gasteiger partial charge is 0.258 e. The van der Waals surface area contributed by atoms with Gasteiger partial charge in [0.15, 0.2) is 0 Å². The van der Waals surface area contributed by atoms with Crippen LogP contribution in [0.4, 0.5) is 0 Å². The minimum absolute atomic E-state index is 0.119. The van der Waals surface area contributed by atoms with Crippen molar-refractivity contribution in [2.45, 2.75) is 20.0 Å². The molecule has 7 heteroatoms. The summed E-state index contributed by atoms with van der Waals surface area (Å²) < 4.78 is 16.3. The van der Waals surface area contributed by atoms with E-state index >= 15 is 0 Å². The summed E-state index contributed by atoms with van der Waals surface area (Å²) in [6, 6.07) is 21.9. The van der Waals surface area contributed by atoms with Gasteiger partial charge in [0, 0.05) is 23.0 Å². The summed E-state index contributed by atoms with van der Waals surface area (Å²) in [5, 5.41) is 0.825. The number of carbonyl (C=O) groups excluding carboxylic acids is 1. The molecule has 0 atom stereocenters. The molecule has 0 aliphatic heterocycles. The number of rotatable bonds is 9. The minimum atomic E-state index is -0.242. The van der Waals surface area contributed by atoms with Crippen LogP contribution in [0.5, 0.6) is 17.2 Å². The Morgan fingerprint density at radius 3 is 2.31 bits per heavy atom. The summed E-state index contributed by atoms with van der Waals surface area (Å²) >= 11 is 0. The Hall–Kier alpha value is -4.26. The number of methoxy groups -OCH3 is 2. The van der Waals surface area contributed by atoms with Crippen molar-refractivity contribution in [1.82, 2.24) is 9.88 Å². The maximum absolute atomic E-state index is 13.7. The van der Waals surface area contributed by atoms with E-state index in [-0.39, 0.29) is 18.0 Å². The summed E-state index contributed by atoms with van der Waals surface area (Å²) in [5.74, 6) is 1.70. The van der Waals surface area contributed by atoms with E-state index in [2.05, 4.69) is 4.98 Å². The zero-order valence-corrected chi connectivity index (χ0v) is 20.0. The molecular formula is C28H28N2O5. The zero-order chi connectivity index (χ0) is 24.8. The van der Waals surface area contributed by atoms with Crippen LogP contribution < -0.4 is 19.8 Å². The number of aromatic amines is 1. The lowest BCUT2D eigenvalue weighted by Gasteiger charge is -2.24. The van der Waals surface area contributed by atoms with Gasteiger partial charge in [-0.1, -0.05) is 24.3 Å². The fourth-order valence-electron chi connectivity index (χ4n) is 3.93. The van der Waals surface area contributed by atoms with Gasteiger partial charge in [-0.2, -0.15) is 0 Å². The summed E-state index contributed by atoms with van der Waals surface area (Å²) in [6.07, 6.45) is 0. The van der Waals surface area contributed by atoms with E-state index in [1.807, 2.05) is 43.3 Å². The molecule has 0 aliphatic carbocycles. The molecule has 4 rings (SSSR count). The van der Waals surface area contributed by atoms with Gasteiger partial charge in [0.25, 0.3) is 11.5 Å². The number of pyridine rings is 1. The number of ether oxygens (including phenoxy) is 3. The van der Waals surface area contributed by atoms with E-state index in [1.54, 1.807) is 55.5 Å². The maximum Gasteiger partial charge on any atom is 0.258 e. The fraction of sp³-hybridized carbons (Fsp3) is 0.214. The van der Waals surface area contributed by atoms with Crippen LogP contribution in [0.25, 0.3) is 10.9 Å². The van der Waals surface area contributed by atoms with Gasteiger partial charge in [0.05, 0.1) is 32.9 Å². The Bertz CT molecular complexity index is 1380. The van der Waals surface area contributed by atoms with Crippen molar-refractivity contribution in [2.75, 3.05) is 20.8 Å². The first-order chi connectivity index (χ1) is 17.0. The molecule has 4 aromatic rings. The summed E-state index contributed by atoms with van der Waals surface area (Å²) in [4.78, 5) is 31.2. The molecule has 0 aliphatic rings. The van der Waals surface area contributed by atoms with Gasteiger partial charge in [-0.25, -0.2) is 0 Å². The van der Waals surface area contributed by atoms with E-state index < -0.39 is 0 Å². The lowest BCUT2D eigenvalue weighted by Crippen LogP contribution is -2.32. The van der Waals surface area contributed by atoms with E-state index in [4.69, 9.17) is 14.2 Å². The largest absolute Gasteiger partial charge is 0.497 e. The highest BCUT2D eigenvalue weighted by atomic mass is 16.5. The molecule has 7 nitrogen and oxygen atoms in total. The zero-order valence-electron chi connectivity index (χ0n) is 20.0. The first-order valence-corrected chi connectivity index (χ1v) is 11.4. The summed E-state index contributed by atoms with van der Waals surface area (Å²) in [6.45, 7) is 2.74. The van der Waals surface area contributed by atoms with E-state index in [0.29, 0.717) is 41.3 Å². The van der Waals surface area contributed by atoms with Gasteiger partial charge in [-0.3, -0.25) is 9.59 Å². The minimum Gasteiger partial charge on any atom is -0.497 e. The number of benzene rings is 3. The second-order valence-corrected chi connectivity index (χ2v) is 8.02. The highest BCUT2D eigenvalue weighted by molar-refractivity contribution is 5.97. The highest BCUT2D eigenvalue weighted by Gasteiger charge is 2.22. The molecule has 180 valence electrons. The molecule has 1 N–H and O–H groups in total. The first-order valence-electron chi connectivity index (χ1n) is 11.4. The quantitative estimate of drug-likeness (QED) is 0.379. The van der Waals surface area contributed by atoms with Gasteiger partial charge >= 0.3 is 0 Å². The van der Waals surface area contributed by atoms with Gasteiger partial charge in [0.1, 0.15) is 17.2 Å². The Labute approximate surface area is 203 Å². The Morgan fingerprint density at radius 1 is 0.886 bits per heavy atom. The molecule has 1 amide bonds. The van der Waals surface area contributed by atoms with Crippen LogP contribution in [-0.2, 0) is 13.1 Å². The molecule has 0 saturated heterocycles. The summed E-state index contributed by atoms with van der Waals surface area (Å²) in [7, 11) is 3.20. The first kappa shape index (κ1) is 23.9. The summed E-state index contributed by atoms with van der Waals surface area (Å²) in [5.41, 5.74) is 2.29. The average Bonchev–Trinajstić information content (AvgIpc) is 2.89. The highest BCUT2D eigenvalue weighted by Crippen LogP contribution is 2.24. The van der Waals surface area contributed by atoms with Crippen molar-refractivity contribution < 1.29 is 19.0 Å². The van der Waals surface area contributed by atoms with Crippen LogP contribution in [0.1, 0.15) is 28.4 Å². The molecule has 3 aromatic carbocycles. The third-order valence-corrected chi connectivity index (χ3v) is 5.73. The normalized spacial score (nSPS) is 10.7. The Balaban J connectivity index is 1.73. The third-order valence-electron chi connectivity index (χ3n) is 5.73. The van der Waals surface area contributed by atoms with Crippen molar-refractivity contribution in [3.05, 3.63) is 99.8 Å². The van der Waals surface area contributed by atoms with E-state index in [1.165, 1.54) is 0 Å². The molecular weight excluding hydrogens is 444 g/mol. The van der Waals surface area contributed by atoms with Crippen LogP contribution in [0, 0.1) is 0 Å². The lowest BCUT2D eigenvalue weighted by molar-refractivity contribution is 0.0725. The SMILES string of the molecule is CCOc1ccccc1C(=O)N(Cc1ccc(OC)cc1)Cc1cc2cc(OC)ccc2[nH]c1=O. The van der Waals surface area contributed by atoms with Crippen molar-refractivity contribution >= 4 is 16.8 Å². The van der Waals surface area contributed by atoms with Crippen LogP contribution in [0.2, 0.25) is 0 Å². The van der Waals surface area contributed by atoms with Crippen LogP contribution >= 0.6 is 0 Å². The molecule has 0 unspecified atom stereocenters. The molecule has 1 aromatic heterocycles. The predicted molar refractivity (Wildman–Crippen MR) is 135 cm³/mol. The number of aromatic nitrogens is 1. The number of fused-ring (bicyclic) bond motifs is 1. The molecule has 35 heavy (non-hydrogen) atoms. The van der Waals surface area contributed by atoms with Crippen molar-refractivity contribution in [2.24, 2.45) is 0 Å². The molecule has 0 radical (unpaired) electrons. The standard InChI is InChI=1S/C28H28N2O5/c1-4-35-26-8-6-5-7-24(26)28(32)30(17-19-9-11-22(33-2)12-10-19)18-21-15-20-16-23(34-3)13-14-25(20)29-27(21)31/h5-16H,4,17-18H2,1-3H3,(H,29,31). The number of hydrogen-bond acceptors (Lipinski definition) is 5. The second kappa shape index (κ2) is 10.8. The molecule has 0 spiro atoms. The lowest BCUT2D eigenvalue weighted by atomic mass is 10.1. The predicted octanol–water partition coefficient (Wildman–Crippen LogP) is 4.79. The van der Waals surface area contributed by atoms with Crippen molar-refractivity contribution in [3.63, 3.8) is 0 Å². The monoisotopic (exact) mass is 472 g/mol. The van der Waals surface area contributed by atoms with Gasteiger partial charge < -0.3 is 24.1 Å². The van der Waals surface area contributed by atoms with Gasteiger partial charge in [-0.15, -0.1) is 0 Å². The van der Waals surface area contributed by atoms with Crippen molar-refractivity contribution in [3.8, 4) is 17.2 Å². The van der Waals surface area contributed by atoms with Crippen LogP contribution in [0.3, 0.4) is 0 Å². The Kier molecular flexibility index (Phi) is 7.35. The fourth-order valence-corrected chi connectivity index (χ4v) is 3.93. The molecule has 0 bridgehead atoms. The third kappa shape index (κ3) is 5.46. The molecule has 0 saturated carbocycles. The Morgan fingerprint density at radius 2 is 1.60 bits per heavy atom. The number of nitrogens with zero attached hydrogens (tertiary/aromatic N) is 1.